The number of amides is 2. The molecule has 3 aromatic carbocycles. The number of carbonyl (C=O) groups is 2. The van der Waals surface area contributed by atoms with E-state index in [1.165, 1.54) is 28.9 Å². The summed E-state index contributed by atoms with van der Waals surface area (Å²) in [5.74, 6) is -2.39. The summed E-state index contributed by atoms with van der Waals surface area (Å²) < 4.78 is 107. The molecule has 2 saturated carbocycles. The standard InChI is InChI=1S/C26H23F5N6O.C20H19BrF3N5O/c1-14-11-15(5-8-17(14)25(38)34-16-6-7-16)21-13-33-24-20(32-10-9-26(29,30)31)12-22(36-37(21)24)35-19-4-2-3-18(27)23(19)28;1-11-8-12(2-5-14(11)19(30)27-13-3-4-13)16-10-26-18-15(9-17(21)28-29(16)18)25-7-6-20(22,23)24/h2-5,8,11-13,16,32H,6-7,9-10H2,1H3,(H,34,38)(H,35,36);2,5,8-10,13,25H,3-4,6-7H2,1H3,(H,27,30). The van der Waals surface area contributed by atoms with E-state index >= 15 is 0 Å². The Morgan fingerprint density at radius 2 is 1.15 bits per heavy atom. The minimum Gasteiger partial charge on any atom is -0.382 e. The maximum atomic E-state index is 14.3. The summed E-state index contributed by atoms with van der Waals surface area (Å²) in [4.78, 5) is 33.6. The average molecular weight is 1010 g/mol. The van der Waals surface area contributed by atoms with Crippen molar-refractivity contribution >= 4 is 61.9 Å². The first-order chi connectivity index (χ1) is 32.3. The van der Waals surface area contributed by atoms with Crippen LogP contribution >= 0.6 is 15.9 Å². The highest BCUT2D eigenvalue weighted by atomic mass is 79.9. The zero-order chi connectivity index (χ0) is 48.5. The van der Waals surface area contributed by atoms with Crippen LogP contribution in [0.25, 0.3) is 33.8 Å². The van der Waals surface area contributed by atoms with Crippen molar-refractivity contribution in [2.24, 2.45) is 0 Å². The van der Waals surface area contributed by atoms with Crippen molar-refractivity contribution in [3.05, 3.63) is 118 Å². The fourth-order valence-electron chi connectivity index (χ4n) is 7.18. The summed E-state index contributed by atoms with van der Waals surface area (Å²) in [5.41, 5.74) is 6.42. The Morgan fingerprint density at radius 3 is 1.62 bits per heavy atom. The quantitative estimate of drug-likeness (QED) is 0.0670. The third-order valence-corrected chi connectivity index (χ3v) is 11.3. The van der Waals surface area contributed by atoms with Crippen LogP contribution in [-0.4, -0.2) is 78.5 Å². The van der Waals surface area contributed by atoms with Crippen molar-refractivity contribution in [3.8, 4) is 22.5 Å². The Kier molecular flexibility index (Phi) is 13.6. The molecule has 4 heterocycles. The van der Waals surface area contributed by atoms with Gasteiger partial charge in [-0.25, -0.2) is 27.8 Å². The Morgan fingerprint density at radius 1 is 0.662 bits per heavy atom. The number of hydrogen-bond acceptors (Lipinski definition) is 9. The zero-order valence-corrected chi connectivity index (χ0v) is 37.8. The summed E-state index contributed by atoms with van der Waals surface area (Å²) in [6.07, 6.45) is -3.56. The molecule has 7 aromatic rings. The molecule has 2 fully saturated rings. The minimum absolute atomic E-state index is 0.0490. The van der Waals surface area contributed by atoms with E-state index in [0.717, 1.165) is 48.4 Å². The monoisotopic (exact) mass is 1010 g/mol. The number of rotatable bonds is 14. The largest absolute Gasteiger partial charge is 0.390 e. The second-order valence-electron chi connectivity index (χ2n) is 16.4. The van der Waals surface area contributed by atoms with Gasteiger partial charge in [0.15, 0.2) is 28.7 Å². The van der Waals surface area contributed by atoms with Gasteiger partial charge in [0.05, 0.1) is 53.7 Å². The van der Waals surface area contributed by atoms with E-state index in [1.54, 1.807) is 48.0 Å². The summed E-state index contributed by atoms with van der Waals surface area (Å²) in [7, 11) is 0. The van der Waals surface area contributed by atoms with Gasteiger partial charge in [-0.15, -0.1) is 5.10 Å². The van der Waals surface area contributed by atoms with Gasteiger partial charge in [-0.05, 0) is 109 Å². The predicted molar refractivity (Wildman–Crippen MR) is 243 cm³/mol. The number of aryl methyl sites for hydroxylation is 2. The number of alkyl halides is 6. The van der Waals surface area contributed by atoms with E-state index < -0.39 is 43.4 Å². The predicted octanol–water partition coefficient (Wildman–Crippen LogP) is 10.7. The highest BCUT2D eigenvalue weighted by Crippen LogP contribution is 2.32. The second kappa shape index (κ2) is 19.4. The number of nitrogens with zero attached hydrogens (tertiary/aromatic N) is 6. The Labute approximate surface area is 391 Å². The number of fused-ring (bicyclic) bond motifs is 2. The van der Waals surface area contributed by atoms with Crippen LogP contribution in [0.5, 0.6) is 0 Å². The lowest BCUT2D eigenvalue weighted by Gasteiger charge is -2.14. The van der Waals surface area contributed by atoms with Crippen LogP contribution in [-0.2, 0) is 0 Å². The molecule has 0 aliphatic heterocycles. The van der Waals surface area contributed by atoms with Crippen LogP contribution in [0.2, 0.25) is 0 Å². The molecule has 5 N–H and O–H groups in total. The van der Waals surface area contributed by atoms with Gasteiger partial charge in [-0.1, -0.05) is 18.2 Å². The molecule has 13 nitrogen and oxygen atoms in total. The lowest BCUT2D eigenvalue weighted by atomic mass is 10.0. The third-order valence-electron chi connectivity index (χ3n) is 10.9. The average Bonchev–Trinajstić information content (AvgIpc) is 4.18. The summed E-state index contributed by atoms with van der Waals surface area (Å²) >= 11 is 3.31. The van der Waals surface area contributed by atoms with Gasteiger partial charge in [-0.3, -0.25) is 9.59 Å². The molecule has 0 saturated heterocycles. The minimum atomic E-state index is -4.37. The van der Waals surface area contributed by atoms with Crippen molar-refractivity contribution in [1.82, 2.24) is 39.8 Å². The van der Waals surface area contributed by atoms with Crippen molar-refractivity contribution in [3.63, 3.8) is 0 Å². The molecule has 68 heavy (non-hydrogen) atoms. The molecule has 0 atom stereocenters. The van der Waals surface area contributed by atoms with Gasteiger partial charge in [0.1, 0.15) is 4.60 Å². The fraction of sp³-hybridized carbons (Fsp3) is 0.304. The number of hydrogen-bond donors (Lipinski definition) is 5. The van der Waals surface area contributed by atoms with Gasteiger partial charge in [-0.2, -0.15) is 31.4 Å². The van der Waals surface area contributed by atoms with E-state index in [4.69, 9.17) is 0 Å². The number of halogens is 9. The first kappa shape index (κ1) is 47.6. The third kappa shape index (κ3) is 11.6. The Hall–Kier alpha value is -6.84. The van der Waals surface area contributed by atoms with Gasteiger partial charge in [0.2, 0.25) is 0 Å². The van der Waals surface area contributed by atoms with E-state index in [2.05, 4.69) is 62.7 Å². The smallest absolute Gasteiger partial charge is 0.382 e. The lowest BCUT2D eigenvalue weighted by Crippen LogP contribution is -2.26. The highest BCUT2D eigenvalue weighted by Gasteiger charge is 2.29. The van der Waals surface area contributed by atoms with Crippen molar-refractivity contribution in [2.75, 3.05) is 29.0 Å². The molecule has 0 unspecified atom stereocenters. The fourth-order valence-corrected chi connectivity index (χ4v) is 7.56. The molecular weight excluding hydrogens is 970 g/mol. The first-order valence-electron chi connectivity index (χ1n) is 21.4. The molecular formula is C46H42BrF8N11O2. The van der Waals surface area contributed by atoms with Crippen LogP contribution in [0.3, 0.4) is 0 Å². The maximum absolute atomic E-state index is 14.3. The molecule has 2 aliphatic carbocycles. The number of imidazole rings is 2. The second-order valence-corrected chi connectivity index (χ2v) is 17.3. The maximum Gasteiger partial charge on any atom is 0.390 e. The Balaban J connectivity index is 0.000000189. The molecule has 0 radical (unpaired) electrons. The van der Waals surface area contributed by atoms with Crippen LogP contribution in [0.4, 0.5) is 58.0 Å². The summed E-state index contributed by atoms with van der Waals surface area (Å²) in [6, 6.07) is 17.7. The number of carbonyl (C=O) groups excluding carboxylic acids is 2. The van der Waals surface area contributed by atoms with Crippen LogP contribution in [0.1, 0.15) is 70.4 Å². The molecule has 2 amide bonds. The van der Waals surface area contributed by atoms with Crippen LogP contribution in [0, 0.1) is 25.5 Å². The van der Waals surface area contributed by atoms with Gasteiger partial charge in [0, 0.05) is 53.5 Å². The molecule has 4 aromatic heterocycles. The van der Waals surface area contributed by atoms with E-state index in [0.29, 0.717) is 44.0 Å². The van der Waals surface area contributed by atoms with Gasteiger partial charge in [0.25, 0.3) is 11.8 Å². The van der Waals surface area contributed by atoms with Crippen LogP contribution in [0.15, 0.2) is 83.7 Å². The summed E-state index contributed by atoms with van der Waals surface area (Å²) in [5, 5.41) is 23.0. The molecule has 0 spiro atoms. The van der Waals surface area contributed by atoms with Gasteiger partial charge >= 0.3 is 12.4 Å². The van der Waals surface area contributed by atoms with E-state index in [1.807, 2.05) is 19.1 Å². The molecule has 9 rings (SSSR count). The normalized spacial score (nSPS) is 13.8. The topological polar surface area (TPSA) is 155 Å². The van der Waals surface area contributed by atoms with Crippen molar-refractivity contribution in [1.29, 1.82) is 0 Å². The lowest BCUT2D eigenvalue weighted by molar-refractivity contribution is -0.132. The molecule has 0 bridgehead atoms. The van der Waals surface area contributed by atoms with Gasteiger partial charge < -0.3 is 26.6 Å². The number of benzene rings is 3. The van der Waals surface area contributed by atoms with Crippen LogP contribution < -0.4 is 26.6 Å². The van der Waals surface area contributed by atoms with Crippen molar-refractivity contribution < 1.29 is 44.7 Å². The first-order valence-corrected chi connectivity index (χ1v) is 22.2. The van der Waals surface area contributed by atoms with Crippen molar-refractivity contribution in [2.45, 2.75) is 76.8 Å². The van der Waals surface area contributed by atoms with E-state index in [-0.39, 0.29) is 53.3 Å². The summed E-state index contributed by atoms with van der Waals surface area (Å²) in [6.45, 7) is 2.97. The number of anilines is 4. The van der Waals surface area contributed by atoms with E-state index in [9.17, 15) is 44.7 Å². The number of aromatic nitrogens is 6. The highest BCUT2D eigenvalue weighted by molar-refractivity contribution is 9.10. The molecule has 2 aliphatic rings. The SMILES string of the molecule is Cc1cc(-c2cnc3c(NCCC(F)(F)F)cc(Br)nn23)ccc1C(=O)NC1CC1.Cc1cc(-c2cnc3c(NCCC(F)(F)F)cc(Nc4cccc(F)c4F)nn23)ccc1C(=O)NC1CC1. The Bertz CT molecular complexity index is 3020. The molecule has 22 heteroatoms. The molecule has 356 valence electrons. The number of nitrogens with one attached hydrogen (secondary N) is 5. The zero-order valence-electron chi connectivity index (χ0n) is 36.2.